The molecular weight excluding hydrogens is 490 g/mol. The number of nitrogens with zero attached hydrogens (tertiary/aromatic N) is 2. The Morgan fingerprint density at radius 2 is 1.78 bits per heavy atom. The molecule has 0 aliphatic heterocycles. The molecule has 7 heteroatoms. The summed E-state index contributed by atoms with van der Waals surface area (Å²) in [5, 5.41) is 8.06. The Hall–Kier alpha value is -3.09. The molecule has 0 fully saturated rings. The molecule has 3 aromatic carbocycles. The zero-order valence-electron chi connectivity index (χ0n) is 17.4. The average Bonchev–Trinajstić information content (AvgIpc) is 3.13. The number of hydrogen-bond donors (Lipinski definition) is 1. The van der Waals surface area contributed by atoms with Crippen LogP contribution >= 0.6 is 27.5 Å². The third kappa shape index (κ3) is 5.39. The van der Waals surface area contributed by atoms with Crippen LogP contribution in [0, 0.1) is 6.92 Å². The lowest BCUT2D eigenvalue weighted by molar-refractivity contribution is 0.102. The Morgan fingerprint density at radius 1 is 1.06 bits per heavy atom. The molecule has 32 heavy (non-hydrogen) atoms. The van der Waals surface area contributed by atoms with Crippen molar-refractivity contribution in [2.75, 3.05) is 5.32 Å². The minimum Gasteiger partial charge on any atom is -0.488 e. The number of benzene rings is 3. The summed E-state index contributed by atoms with van der Waals surface area (Å²) in [5.74, 6) is 1.06. The highest BCUT2D eigenvalue weighted by molar-refractivity contribution is 9.10. The van der Waals surface area contributed by atoms with Crippen molar-refractivity contribution < 1.29 is 9.53 Å². The van der Waals surface area contributed by atoms with Crippen LogP contribution in [0.15, 0.2) is 83.3 Å². The number of aromatic nitrogens is 2. The van der Waals surface area contributed by atoms with Crippen molar-refractivity contribution in [1.29, 1.82) is 0 Å². The lowest BCUT2D eigenvalue weighted by Gasteiger charge is -2.09. The maximum atomic E-state index is 12.7. The van der Waals surface area contributed by atoms with Crippen molar-refractivity contribution in [2.24, 2.45) is 0 Å². The van der Waals surface area contributed by atoms with E-state index in [1.165, 1.54) is 0 Å². The van der Waals surface area contributed by atoms with Gasteiger partial charge in [0.1, 0.15) is 12.4 Å². The van der Waals surface area contributed by atoms with Gasteiger partial charge in [0.2, 0.25) is 0 Å². The highest BCUT2D eigenvalue weighted by Crippen LogP contribution is 2.25. The number of rotatable bonds is 7. The van der Waals surface area contributed by atoms with E-state index in [9.17, 15) is 4.79 Å². The summed E-state index contributed by atoms with van der Waals surface area (Å²) in [4.78, 5) is 12.7. The molecule has 4 aromatic rings. The Bertz CT molecular complexity index is 1240. The minimum atomic E-state index is -0.217. The lowest BCUT2D eigenvalue weighted by Crippen LogP contribution is -2.13. The second kappa shape index (κ2) is 10.0. The van der Waals surface area contributed by atoms with Crippen LogP contribution < -0.4 is 10.1 Å². The van der Waals surface area contributed by atoms with Gasteiger partial charge >= 0.3 is 0 Å². The first-order valence-electron chi connectivity index (χ1n) is 10.0. The van der Waals surface area contributed by atoms with Crippen LogP contribution in [-0.4, -0.2) is 15.7 Å². The molecule has 0 atom stereocenters. The molecule has 0 saturated carbocycles. The first-order chi connectivity index (χ1) is 15.5. The Balaban J connectivity index is 1.38. The number of nitrogens with one attached hydrogen (secondary N) is 1. The molecule has 0 aliphatic carbocycles. The van der Waals surface area contributed by atoms with Crippen LogP contribution in [-0.2, 0) is 13.2 Å². The molecule has 5 nitrogen and oxygen atoms in total. The van der Waals surface area contributed by atoms with E-state index in [2.05, 4.69) is 26.3 Å². The van der Waals surface area contributed by atoms with E-state index < -0.39 is 0 Å². The van der Waals surface area contributed by atoms with Crippen molar-refractivity contribution in [2.45, 2.75) is 20.1 Å². The number of amides is 1. The number of hydrogen-bond acceptors (Lipinski definition) is 3. The van der Waals surface area contributed by atoms with Gasteiger partial charge in [0.25, 0.3) is 5.91 Å². The first kappa shape index (κ1) is 22.1. The van der Waals surface area contributed by atoms with Crippen LogP contribution in [0.1, 0.15) is 27.2 Å². The fourth-order valence-corrected chi connectivity index (χ4v) is 3.78. The van der Waals surface area contributed by atoms with Crippen LogP contribution in [0.25, 0.3) is 0 Å². The molecule has 0 aliphatic rings. The molecule has 4 rings (SSSR count). The highest BCUT2D eigenvalue weighted by atomic mass is 79.9. The second-order valence-electron chi connectivity index (χ2n) is 7.29. The fourth-order valence-electron chi connectivity index (χ4n) is 3.18. The standard InChI is InChI=1S/C25H21BrClN3O2/c1-17-14-24(29-30(17)15-20-6-2-4-8-22(20)27)28-25(31)19-12-10-18(11-13-19)16-32-23-9-5-3-7-21(23)26/h2-14H,15-16H2,1H3,(H,28,29,31). The molecule has 1 amide bonds. The van der Waals surface area contributed by atoms with Crippen LogP contribution in [0.3, 0.4) is 0 Å². The average molecular weight is 511 g/mol. The van der Waals surface area contributed by atoms with E-state index in [1.54, 1.807) is 12.1 Å². The molecule has 0 unspecified atom stereocenters. The SMILES string of the molecule is Cc1cc(NC(=O)c2ccc(COc3ccccc3Br)cc2)nn1Cc1ccccc1Cl. The normalized spacial score (nSPS) is 10.7. The summed E-state index contributed by atoms with van der Waals surface area (Å²) in [7, 11) is 0. The number of halogens is 2. The van der Waals surface area contributed by atoms with Crippen molar-refractivity contribution in [3.05, 3.63) is 111 Å². The number of ether oxygens (including phenoxy) is 1. The van der Waals surface area contributed by atoms with Gasteiger partial charge in [0.15, 0.2) is 5.82 Å². The summed E-state index contributed by atoms with van der Waals surface area (Å²) in [6.45, 7) is 2.89. The van der Waals surface area contributed by atoms with Crippen molar-refractivity contribution >= 4 is 39.3 Å². The van der Waals surface area contributed by atoms with E-state index in [4.69, 9.17) is 16.3 Å². The fraction of sp³-hybridized carbons (Fsp3) is 0.120. The summed E-state index contributed by atoms with van der Waals surface area (Å²) < 4.78 is 8.54. The van der Waals surface area contributed by atoms with Gasteiger partial charge in [-0.15, -0.1) is 0 Å². The summed E-state index contributed by atoms with van der Waals surface area (Å²) in [6.07, 6.45) is 0. The van der Waals surface area contributed by atoms with Gasteiger partial charge in [0, 0.05) is 22.3 Å². The molecule has 0 bridgehead atoms. The molecule has 1 heterocycles. The zero-order chi connectivity index (χ0) is 22.5. The lowest BCUT2D eigenvalue weighted by atomic mass is 10.1. The molecule has 0 radical (unpaired) electrons. The van der Waals surface area contributed by atoms with Gasteiger partial charge < -0.3 is 10.1 Å². The van der Waals surface area contributed by atoms with Gasteiger partial charge in [-0.05, 0) is 64.3 Å². The number of carbonyl (C=O) groups excluding carboxylic acids is 1. The molecule has 162 valence electrons. The van der Waals surface area contributed by atoms with Gasteiger partial charge in [0.05, 0.1) is 11.0 Å². The van der Waals surface area contributed by atoms with E-state index in [-0.39, 0.29) is 5.91 Å². The van der Waals surface area contributed by atoms with Gasteiger partial charge in [-0.25, -0.2) is 0 Å². The maximum absolute atomic E-state index is 12.7. The van der Waals surface area contributed by atoms with Crippen molar-refractivity contribution in [3.63, 3.8) is 0 Å². The molecular formula is C25H21BrClN3O2. The molecule has 1 N–H and O–H groups in total. The third-order valence-corrected chi connectivity index (χ3v) is 5.97. The van der Waals surface area contributed by atoms with Crippen molar-refractivity contribution in [1.82, 2.24) is 9.78 Å². The second-order valence-corrected chi connectivity index (χ2v) is 8.55. The van der Waals surface area contributed by atoms with E-state index >= 15 is 0 Å². The number of carbonyl (C=O) groups is 1. The summed E-state index contributed by atoms with van der Waals surface area (Å²) >= 11 is 9.72. The van der Waals surface area contributed by atoms with Gasteiger partial charge in [-0.2, -0.15) is 5.10 Å². The largest absolute Gasteiger partial charge is 0.488 e. The van der Waals surface area contributed by atoms with E-state index in [0.29, 0.717) is 29.6 Å². The number of anilines is 1. The predicted molar refractivity (Wildman–Crippen MR) is 130 cm³/mol. The molecule has 0 spiro atoms. The minimum absolute atomic E-state index is 0.217. The van der Waals surface area contributed by atoms with Crippen LogP contribution in [0.2, 0.25) is 5.02 Å². The van der Waals surface area contributed by atoms with Crippen molar-refractivity contribution in [3.8, 4) is 5.75 Å². The zero-order valence-corrected chi connectivity index (χ0v) is 19.7. The van der Waals surface area contributed by atoms with Crippen LogP contribution in [0.5, 0.6) is 5.75 Å². The summed E-state index contributed by atoms with van der Waals surface area (Å²) in [6, 6.07) is 24.5. The Labute approximate surface area is 200 Å². The predicted octanol–water partition coefficient (Wildman–Crippen LogP) is 6.49. The van der Waals surface area contributed by atoms with E-state index in [1.807, 2.05) is 78.3 Å². The highest BCUT2D eigenvalue weighted by Gasteiger charge is 2.11. The first-order valence-corrected chi connectivity index (χ1v) is 11.2. The number of para-hydroxylation sites is 1. The number of aryl methyl sites for hydroxylation is 1. The molecule has 0 saturated heterocycles. The van der Waals surface area contributed by atoms with E-state index in [0.717, 1.165) is 27.0 Å². The Kier molecular flexibility index (Phi) is 6.93. The quantitative estimate of drug-likeness (QED) is 0.309. The van der Waals surface area contributed by atoms with Crippen LogP contribution in [0.4, 0.5) is 5.82 Å². The smallest absolute Gasteiger partial charge is 0.256 e. The molecule has 1 aromatic heterocycles. The topological polar surface area (TPSA) is 56.1 Å². The Morgan fingerprint density at radius 3 is 2.53 bits per heavy atom. The van der Waals surface area contributed by atoms with Gasteiger partial charge in [-0.3, -0.25) is 9.48 Å². The van der Waals surface area contributed by atoms with Gasteiger partial charge in [-0.1, -0.05) is 54.1 Å². The monoisotopic (exact) mass is 509 g/mol. The third-order valence-electron chi connectivity index (χ3n) is 4.95. The summed E-state index contributed by atoms with van der Waals surface area (Å²) in [5.41, 5.74) is 3.42. The maximum Gasteiger partial charge on any atom is 0.256 e.